The van der Waals surface area contributed by atoms with E-state index in [4.69, 9.17) is 9.47 Å². The van der Waals surface area contributed by atoms with Crippen molar-refractivity contribution >= 4 is 45.7 Å². The molecule has 0 atom stereocenters. The summed E-state index contributed by atoms with van der Waals surface area (Å²) in [5.74, 6) is 0.628. The highest BCUT2D eigenvalue weighted by Gasteiger charge is 2.18. The fraction of sp³-hybridized carbons (Fsp3) is 0.148. The molecule has 0 bridgehead atoms. The van der Waals surface area contributed by atoms with Gasteiger partial charge in [-0.2, -0.15) is 0 Å². The lowest BCUT2D eigenvalue weighted by molar-refractivity contribution is -0.113. The normalized spacial score (nSPS) is 10.5. The average Bonchev–Trinajstić information content (AvgIpc) is 3.27. The standard InChI is InChI=1S/C27H25N3O4S2/c1-17-25(18-8-5-4-6-9-18)30-27(36-17)29-23(31)16-35-20-14-12-19(13-15-20)28-26(32)24-21(33-2)10-7-11-22(24)34-3/h4-15H,16H2,1-3H3,(H,28,32)(H,29,30,31). The summed E-state index contributed by atoms with van der Waals surface area (Å²) in [6, 6.07) is 22.4. The molecule has 4 rings (SSSR count). The number of hydrogen-bond donors (Lipinski definition) is 2. The molecule has 0 aliphatic heterocycles. The van der Waals surface area contributed by atoms with E-state index in [9.17, 15) is 9.59 Å². The molecule has 1 heterocycles. The van der Waals surface area contributed by atoms with Gasteiger partial charge in [0.2, 0.25) is 5.91 Å². The van der Waals surface area contributed by atoms with E-state index in [2.05, 4.69) is 15.6 Å². The van der Waals surface area contributed by atoms with Crippen molar-refractivity contribution in [1.29, 1.82) is 0 Å². The summed E-state index contributed by atoms with van der Waals surface area (Å²) in [4.78, 5) is 31.8. The number of methoxy groups -OCH3 is 2. The maximum atomic E-state index is 12.8. The molecule has 0 aliphatic rings. The van der Waals surface area contributed by atoms with Crippen LogP contribution in [0.15, 0.2) is 77.7 Å². The summed E-state index contributed by atoms with van der Waals surface area (Å²) in [7, 11) is 3.01. The minimum Gasteiger partial charge on any atom is -0.496 e. The van der Waals surface area contributed by atoms with E-state index in [1.54, 1.807) is 30.3 Å². The van der Waals surface area contributed by atoms with Gasteiger partial charge in [-0.15, -0.1) is 23.1 Å². The SMILES string of the molecule is COc1cccc(OC)c1C(=O)Nc1ccc(SCC(=O)Nc2nc(-c3ccccc3)c(C)s2)cc1. The number of anilines is 2. The largest absolute Gasteiger partial charge is 0.496 e. The first-order valence-electron chi connectivity index (χ1n) is 11.1. The summed E-state index contributed by atoms with van der Waals surface area (Å²) >= 11 is 2.86. The Kier molecular flexibility index (Phi) is 8.24. The summed E-state index contributed by atoms with van der Waals surface area (Å²) < 4.78 is 10.6. The number of nitrogens with zero attached hydrogens (tertiary/aromatic N) is 1. The highest BCUT2D eigenvalue weighted by Crippen LogP contribution is 2.31. The number of ether oxygens (including phenoxy) is 2. The number of carbonyl (C=O) groups excluding carboxylic acids is 2. The summed E-state index contributed by atoms with van der Waals surface area (Å²) in [5.41, 5.74) is 2.85. The number of thiazole rings is 1. The quantitative estimate of drug-likeness (QED) is 0.259. The van der Waals surface area contributed by atoms with Gasteiger partial charge >= 0.3 is 0 Å². The Balaban J connectivity index is 1.33. The first-order valence-corrected chi connectivity index (χ1v) is 12.9. The summed E-state index contributed by atoms with van der Waals surface area (Å²) in [5, 5.41) is 6.33. The molecule has 0 spiro atoms. The van der Waals surface area contributed by atoms with E-state index >= 15 is 0 Å². The van der Waals surface area contributed by atoms with Crippen LogP contribution in [0.3, 0.4) is 0 Å². The molecular formula is C27H25N3O4S2. The highest BCUT2D eigenvalue weighted by atomic mass is 32.2. The smallest absolute Gasteiger partial charge is 0.263 e. The first-order chi connectivity index (χ1) is 17.5. The summed E-state index contributed by atoms with van der Waals surface area (Å²) in [6.45, 7) is 1.99. The fourth-order valence-corrected chi connectivity index (χ4v) is 5.07. The van der Waals surface area contributed by atoms with Crippen molar-refractivity contribution in [2.45, 2.75) is 11.8 Å². The first kappa shape index (κ1) is 25.3. The summed E-state index contributed by atoms with van der Waals surface area (Å²) in [6.07, 6.45) is 0. The van der Waals surface area contributed by atoms with Crippen molar-refractivity contribution in [3.8, 4) is 22.8 Å². The Morgan fingerprint density at radius 1 is 0.889 bits per heavy atom. The topological polar surface area (TPSA) is 89.5 Å². The van der Waals surface area contributed by atoms with Crippen molar-refractivity contribution in [2.24, 2.45) is 0 Å². The molecule has 9 heteroatoms. The Morgan fingerprint density at radius 2 is 1.56 bits per heavy atom. The molecular weight excluding hydrogens is 494 g/mol. The van der Waals surface area contributed by atoms with Gasteiger partial charge in [-0.1, -0.05) is 36.4 Å². The van der Waals surface area contributed by atoms with E-state index in [1.807, 2.05) is 49.4 Å². The lowest BCUT2D eigenvalue weighted by Crippen LogP contribution is -2.14. The number of benzene rings is 3. The van der Waals surface area contributed by atoms with Crippen LogP contribution >= 0.6 is 23.1 Å². The van der Waals surface area contributed by atoms with Crippen LogP contribution in [0.5, 0.6) is 11.5 Å². The van der Waals surface area contributed by atoms with Crippen LogP contribution in [0.4, 0.5) is 10.8 Å². The van der Waals surface area contributed by atoms with Crippen LogP contribution in [0.25, 0.3) is 11.3 Å². The zero-order chi connectivity index (χ0) is 25.5. The second-order valence-corrected chi connectivity index (χ2v) is 9.89. The van der Waals surface area contributed by atoms with E-state index in [-0.39, 0.29) is 17.6 Å². The molecule has 0 saturated carbocycles. The van der Waals surface area contributed by atoms with Gasteiger partial charge in [-0.3, -0.25) is 9.59 Å². The van der Waals surface area contributed by atoms with E-state index < -0.39 is 0 Å². The van der Waals surface area contributed by atoms with E-state index in [0.29, 0.717) is 27.9 Å². The molecule has 4 aromatic rings. The number of aromatic nitrogens is 1. The third kappa shape index (κ3) is 6.05. The van der Waals surface area contributed by atoms with Crippen molar-refractivity contribution in [3.63, 3.8) is 0 Å². The second kappa shape index (κ2) is 11.7. The average molecular weight is 520 g/mol. The molecule has 2 N–H and O–H groups in total. The third-order valence-electron chi connectivity index (χ3n) is 5.23. The number of thioether (sulfide) groups is 1. The van der Waals surface area contributed by atoms with Gasteiger partial charge in [0.1, 0.15) is 17.1 Å². The van der Waals surface area contributed by atoms with Crippen molar-refractivity contribution in [1.82, 2.24) is 4.98 Å². The lowest BCUT2D eigenvalue weighted by Gasteiger charge is -2.13. The van der Waals surface area contributed by atoms with Gasteiger partial charge in [0.05, 0.1) is 25.7 Å². The maximum absolute atomic E-state index is 12.8. The van der Waals surface area contributed by atoms with Gasteiger partial charge in [0, 0.05) is 21.0 Å². The van der Waals surface area contributed by atoms with Crippen molar-refractivity contribution in [3.05, 3.63) is 83.2 Å². The maximum Gasteiger partial charge on any atom is 0.263 e. The van der Waals surface area contributed by atoms with E-state index in [0.717, 1.165) is 21.0 Å². The molecule has 2 amide bonds. The van der Waals surface area contributed by atoms with Crippen molar-refractivity contribution in [2.75, 3.05) is 30.6 Å². The van der Waals surface area contributed by atoms with Gasteiger partial charge in [0.15, 0.2) is 5.13 Å². The third-order valence-corrected chi connectivity index (χ3v) is 7.13. The predicted octanol–water partition coefficient (Wildman–Crippen LogP) is 6.12. The van der Waals surface area contributed by atoms with Crippen LogP contribution in [-0.2, 0) is 4.79 Å². The number of carbonyl (C=O) groups is 2. The Morgan fingerprint density at radius 3 is 2.19 bits per heavy atom. The Bertz CT molecular complexity index is 1330. The minimum atomic E-state index is -0.335. The molecule has 0 radical (unpaired) electrons. The second-order valence-electron chi connectivity index (χ2n) is 7.64. The Labute approximate surface area is 217 Å². The van der Waals surface area contributed by atoms with Gasteiger partial charge in [-0.05, 0) is 43.3 Å². The number of aryl methyl sites for hydroxylation is 1. The minimum absolute atomic E-state index is 0.131. The molecule has 3 aromatic carbocycles. The van der Waals surface area contributed by atoms with Crippen LogP contribution in [-0.4, -0.2) is 36.8 Å². The predicted molar refractivity (Wildman–Crippen MR) is 146 cm³/mol. The van der Waals surface area contributed by atoms with Gasteiger partial charge in [-0.25, -0.2) is 4.98 Å². The van der Waals surface area contributed by atoms with Crippen LogP contribution in [0.2, 0.25) is 0 Å². The fourth-order valence-electron chi connectivity index (χ4n) is 3.52. The molecule has 7 nitrogen and oxygen atoms in total. The van der Waals surface area contributed by atoms with Crippen molar-refractivity contribution < 1.29 is 19.1 Å². The van der Waals surface area contributed by atoms with Gasteiger partial charge in [0.25, 0.3) is 5.91 Å². The molecule has 36 heavy (non-hydrogen) atoms. The zero-order valence-electron chi connectivity index (χ0n) is 20.0. The highest BCUT2D eigenvalue weighted by molar-refractivity contribution is 8.00. The number of hydrogen-bond acceptors (Lipinski definition) is 7. The van der Waals surface area contributed by atoms with Gasteiger partial charge < -0.3 is 20.1 Å². The molecule has 184 valence electrons. The monoisotopic (exact) mass is 519 g/mol. The molecule has 1 aromatic heterocycles. The lowest BCUT2D eigenvalue weighted by atomic mass is 10.1. The van der Waals surface area contributed by atoms with E-state index in [1.165, 1.54) is 37.3 Å². The van der Waals surface area contributed by atoms with Crippen LogP contribution in [0.1, 0.15) is 15.2 Å². The number of rotatable bonds is 9. The zero-order valence-corrected chi connectivity index (χ0v) is 21.7. The molecule has 0 fully saturated rings. The van der Waals surface area contributed by atoms with Crippen LogP contribution in [0, 0.1) is 6.92 Å². The van der Waals surface area contributed by atoms with Crippen LogP contribution < -0.4 is 20.1 Å². The molecule has 0 aliphatic carbocycles. The number of amides is 2. The number of nitrogens with one attached hydrogen (secondary N) is 2. The molecule has 0 saturated heterocycles. The molecule has 0 unspecified atom stereocenters. The Hall–Kier alpha value is -3.82.